The highest BCUT2D eigenvalue weighted by Gasteiger charge is 2.33. The molecule has 2 unspecified atom stereocenters. The Morgan fingerprint density at radius 2 is 2.32 bits per heavy atom. The highest BCUT2D eigenvalue weighted by Crippen LogP contribution is 2.28. The minimum absolute atomic E-state index is 0.525. The van der Waals surface area contributed by atoms with Crippen LogP contribution in [0.4, 0.5) is 0 Å². The normalized spacial score (nSPS) is 22.7. The molecule has 1 saturated carbocycles. The molecule has 2 rings (SSSR count). The molecule has 0 radical (unpaired) electrons. The molecule has 106 valence electrons. The lowest BCUT2D eigenvalue weighted by atomic mass is 10.2. The maximum Gasteiger partial charge on any atom is 0.191 e. The molecule has 0 spiro atoms. The van der Waals surface area contributed by atoms with Gasteiger partial charge in [0.2, 0.25) is 0 Å². The summed E-state index contributed by atoms with van der Waals surface area (Å²) in [7, 11) is 1.82. The Labute approximate surface area is 119 Å². The first-order chi connectivity index (χ1) is 9.10. The van der Waals surface area contributed by atoms with Crippen LogP contribution in [0.15, 0.2) is 10.4 Å². The van der Waals surface area contributed by atoms with Crippen LogP contribution >= 0.6 is 11.3 Å². The van der Waals surface area contributed by atoms with Gasteiger partial charge in [-0.25, -0.2) is 4.98 Å². The Bertz CT molecular complexity index is 438. The van der Waals surface area contributed by atoms with E-state index in [9.17, 15) is 0 Å². The van der Waals surface area contributed by atoms with E-state index in [0.29, 0.717) is 12.0 Å². The van der Waals surface area contributed by atoms with Gasteiger partial charge in [-0.2, -0.15) is 0 Å². The number of rotatable bonds is 5. The number of aromatic nitrogens is 1. The van der Waals surface area contributed by atoms with Crippen LogP contribution in [0.25, 0.3) is 0 Å². The number of hydrogen-bond donors (Lipinski definition) is 2. The van der Waals surface area contributed by atoms with E-state index in [0.717, 1.165) is 24.8 Å². The third-order valence-corrected chi connectivity index (χ3v) is 4.59. The average Bonchev–Trinajstić information content (AvgIpc) is 2.89. The number of hydrogen-bond acceptors (Lipinski definition) is 3. The largest absolute Gasteiger partial charge is 0.356 e. The predicted molar refractivity (Wildman–Crippen MR) is 82.0 cm³/mol. The maximum atomic E-state index is 4.64. The third-order valence-electron chi connectivity index (χ3n) is 3.39. The SMILES string of the molecule is CN=C(NCCc1csc(C(C)C)n1)NC1CC1C. The Morgan fingerprint density at radius 1 is 1.58 bits per heavy atom. The van der Waals surface area contributed by atoms with Gasteiger partial charge < -0.3 is 10.6 Å². The van der Waals surface area contributed by atoms with Crippen molar-refractivity contribution in [1.29, 1.82) is 0 Å². The molecule has 0 amide bonds. The fourth-order valence-electron chi connectivity index (χ4n) is 1.91. The minimum atomic E-state index is 0.525. The molecule has 1 aliphatic carbocycles. The summed E-state index contributed by atoms with van der Waals surface area (Å²) >= 11 is 1.76. The fraction of sp³-hybridized carbons (Fsp3) is 0.714. The van der Waals surface area contributed by atoms with Gasteiger partial charge in [0.15, 0.2) is 5.96 Å². The van der Waals surface area contributed by atoms with Gasteiger partial charge in [-0.15, -0.1) is 11.3 Å². The Balaban J connectivity index is 1.72. The summed E-state index contributed by atoms with van der Waals surface area (Å²) < 4.78 is 0. The van der Waals surface area contributed by atoms with Gasteiger partial charge in [-0.05, 0) is 12.3 Å². The highest BCUT2D eigenvalue weighted by atomic mass is 32.1. The first-order valence-electron chi connectivity index (χ1n) is 7.01. The zero-order chi connectivity index (χ0) is 13.8. The Hall–Kier alpha value is -1.10. The Morgan fingerprint density at radius 3 is 2.84 bits per heavy atom. The minimum Gasteiger partial charge on any atom is -0.356 e. The lowest BCUT2D eigenvalue weighted by Gasteiger charge is -2.10. The van der Waals surface area contributed by atoms with E-state index in [2.05, 4.69) is 46.8 Å². The molecule has 2 N–H and O–H groups in total. The van der Waals surface area contributed by atoms with Gasteiger partial charge >= 0.3 is 0 Å². The van der Waals surface area contributed by atoms with Crippen LogP contribution in [-0.2, 0) is 6.42 Å². The number of guanidine groups is 1. The molecular weight excluding hydrogens is 256 g/mol. The third kappa shape index (κ3) is 4.20. The first kappa shape index (κ1) is 14.3. The molecule has 1 aromatic heterocycles. The summed E-state index contributed by atoms with van der Waals surface area (Å²) in [6.07, 6.45) is 2.20. The second-order valence-electron chi connectivity index (χ2n) is 5.54. The average molecular weight is 280 g/mol. The van der Waals surface area contributed by atoms with Crippen LogP contribution in [0.2, 0.25) is 0 Å². The van der Waals surface area contributed by atoms with E-state index >= 15 is 0 Å². The van der Waals surface area contributed by atoms with E-state index in [-0.39, 0.29) is 0 Å². The van der Waals surface area contributed by atoms with E-state index in [1.807, 2.05) is 7.05 Å². The van der Waals surface area contributed by atoms with Crippen LogP contribution < -0.4 is 10.6 Å². The zero-order valence-corrected chi connectivity index (χ0v) is 13.0. The van der Waals surface area contributed by atoms with Crippen LogP contribution in [-0.4, -0.2) is 30.6 Å². The molecule has 1 heterocycles. The van der Waals surface area contributed by atoms with Gasteiger partial charge in [0.05, 0.1) is 10.7 Å². The van der Waals surface area contributed by atoms with Crippen molar-refractivity contribution in [3.8, 4) is 0 Å². The topological polar surface area (TPSA) is 49.3 Å². The quantitative estimate of drug-likeness (QED) is 0.643. The van der Waals surface area contributed by atoms with Crippen molar-refractivity contribution >= 4 is 17.3 Å². The number of thiazole rings is 1. The van der Waals surface area contributed by atoms with Gasteiger partial charge in [0.1, 0.15) is 0 Å². The molecular formula is C14H24N4S. The fourth-order valence-corrected chi connectivity index (χ4v) is 2.77. The molecule has 0 bridgehead atoms. The lowest BCUT2D eigenvalue weighted by molar-refractivity contribution is 0.751. The number of aliphatic imine (C=N–C) groups is 1. The number of nitrogens with one attached hydrogen (secondary N) is 2. The molecule has 1 aromatic rings. The molecule has 19 heavy (non-hydrogen) atoms. The molecule has 2 atom stereocenters. The zero-order valence-electron chi connectivity index (χ0n) is 12.2. The molecule has 1 aliphatic rings. The van der Waals surface area contributed by atoms with Crippen LogP contribution in [0.5, 0.6) is 0 Å². The summed E-state index contributed by atoms with van der Waals surface area (Å²) in [4.78, 5) is 8.88. The van der Waals surface area contributed by atoms with Crippen LogP contribution in [0.1, 0.15) is 43.8 Å². The molecule has 4 nitrogen and oxygen atoms in total. The predicted octanol–water partition coefficient (Wildman–Crippen LogP) is 2.38. The van der Waals surface area contributed by atoms with Crippen molar-refractivity contribution in [3.05, 3.63) is 16.1 Å². The first-order valence-corrected chi connectivity index (χ1v) is 7.89. The van der Waals surface area contributed by atoms with Crippen molar-refractivity contribution in [1.82, 2.24) is 15.6 Å². The van der Waals surface area contributed by atoms with E-state index in [1.54, 1.807) is 11.3 Å². The van der Waals surface area contributed by atoms with E-state index in [1.165, 1.54) is 17.1 Å². The van der Waals surface area contributed by atoms with Crippen molar-refractivity contribution in [3.63, 3.8) is 0 Å². The van der Waals surface area contributed by atoms with Crippen LogP contribution in [0, 0.1) is 5.92 Å². The van der Waals surface area contributed by atoms with Crippen molar-refractivity contribution in [2.24, 2.45) is 10.9 Å². The molecule has 0 saturated heterocycles. The summed E-state index contributed by atoms with van der Waals surface area (Å²) in [6.45, 7) is 7.50. The Kier molecular flexibility index (Phi) is 4.80. The summed E-state index contributed by atoms with van der Waals surface area (Å²) in [5, 5.41) is 10.2. The second-order valence-corrected chi connectivity index (χ2v) is 6.43. The van der Waals surface area contributed by atoms with Gasteiger partial charge in [-0.1, -0.05) is 20.8 Å². The van der Waals surface area contributed by atoms with Gasteiger partial charge in [0.25, 0.3) is 0 Å². The van der Waals surface area contributed by atoms with Crippen molar-refractivity contribution < 1.29 is 0 Å². The van der Waals surface area contributed by atoms with E-state index in [4.69, 9.17) is 0 Å². The van der Waals surface area contributed by atoms with Crippen LogP contribution in [0.3, 0.4) is 0 Å². The van der Waals surface area contributed by atoms with Gasteiger partial charge in [-0.3, -0.25) is 4.99 Å². The molecule has 1 fully saturated rings. The monoisotopic (exact) mass is 280 g/mol. The maximum absolute atomic E-state index is 4.64. The van der Waals surface area contributed by atoms with Gasteiger partial charge in [0, 0.05) is 37.4 Å². The van der Waals surface area contributed by atoms with Crippen molar-refractivity contribution in [2.75, 3.05) is 13.6 Å². The second kappa shape index (κ2) is 6.37. The number of nitrogens with zero attached hydrogens (tertiary/aromatic N) is 2. The molecule has 5 heteroatoms. The lowest BCUT2D eigenvalue weighted by Crippen LogP contribution is -2.39. The summed E-state index contributed by atoms with van der Waals surface area (Å²) in [5.41, 5.74) is 1.18. The highest BCUT2D eigenvalue weighted by molar-refractivity contribution is 7.09. The summed E-state index contributed by atoms with van der Waals surface area (Å²) in [5.74, 6) is 2.22. The summed E-state index contributed by atoms with van der Waals surface area (Å²) in [6, 6.07) is 0.609. The van der Waals surface area contributed by atoms with Crippen molar-refractivity contribution in [2.45, 2.75) is 45.6 Å². The molecule has 0 aromatic carbocycles. The molecule has 0 aliphatic heterocycles. The van der Waals surface area contributed by atoms with E-state index < -0.39 is 0 Å². The smallest absolute Gasteiger partial charge is 0.191 e. The standard InChI is InChI=1S/C14H24N4S/c1-9(2)13-17-11(8-19-13)5-6-16-14(15-4)18-12-7-10(12)3/h8-10,12H,5-7H2,1-4H3,(H2,15,16,18).